The van der Waals surface area contributed by atoms with Crippen molar-refractivity contribution < 1.29 is 14.3 Å². The monoisotopic (exact) mass is 328 g/mol. The molecule has 4 heteroatoms. The van der Waals surface area contributed by atoms with Gasteiger partial charge in [0.25, 0.3) is 0 Å². The van der Waals surface area contributed by atoms with Gasteiger partial charge in [-0.25, -0.2) is 0 Å². The van der Waals surface area contributed by atoms with Crippen LogP contribution < -0.4 is 9.47 Å². The predicted octanol–water partition coefficient (Wildman–Crippen LogP) is 4.71. The van der Waals surface area contributed by atoms with Crippen LogP contribution in [0.3, 0.4) is 0 Å². The number of ether oxygens (including phenoxy) is 2. The zero-order valence-electron chi connectivity index (χ0n) is 13.5. The Bertz CT molecular complexity index is 690. The fourth-order valence-electron chi connectivity index (χ4n) is 2.11. The lowest BCUT2D eigenvalue weighted by Gasteiger charge is -2.07. The van der Waals surface area contributed by atoms with E-state index in [9.17, 15) is 4.79 Å². The van der Waals surface area contributed by atoms with Crippen LogP contribution in [-0.2, 0) is 0 Å². The third kappa shape index (κ3) is 4.63. The Morgan fingerprint density at radius 3 is 2.35 bits per heavy atom. The molecule has 0 radical (unpaired) electrons. The van der Waals surface area contributed by atoms with E-state index in [0.717, 1.165) is 11.3 Å². The first-order valence-corrected chi connectivity index (χ1v) is 8.33. The maximum atomic E-state index is 12.2. The second-order valence-electron chi connectivity index (χ2n) is 4.77. The first-order valence-electron chi connectivity index (χ1n) is 7.35. The topological polar surface area (TPSA) is 35.5 Å². The van der Waals surface area contributed by atoms with Crippen LogP contribution in [0, 0.1) is 0 Å². The fourth-order valence-corrected chi connectivity index (χ4v) is 2.77. The van der Waals surface area contributed by atoms with Crippen molar-refractivity contribution in [2.75, 3.05) is 20.0 Å². The summed E-state index contributed by atoms with van der Waals surface area (Å²) in [6.07, 6.45) is 3.35. The van der Waals surface area contributed by atoms with Crippen LogP contribution in [0.2, 0.25) is 0 Å². The molecule has 0 aromatic heterocycles. The van der Waals surface area contributed by atoms with E-state index in [1.807, 2.05) is 42.5 Å². The van der Waals surface area contributed by atoms with Gasteiger partial charge in [-0.05, 0) is 53.8 Å². The SMILES string of the molecule is CCSc1ccc(C(=O)C=Cc2ccc(OC)c(OC)c2)cc1. The van der Waals surface area contributed by atoms with E-state index in [2.05, 4.69) is 6.92 Å². The van der Waals surface area contributed by atoms with Gasteiger partial charge in [0.15, 0.2) is 17.3 Å². The smallest absolute Gasteiger partial charge is 0.185 e. The molecule has 0 heterocycles. The number of methoxy groups -OCH3 is 2. The minimum atomic E-state index is -0.0205. The summed E-state index contributed by atoms with van der Waals surface area (Å²) in [6.45, 7) is 2.11. The standard InChI is InChI=1S/C19H20O3S/c1-4-23-16-9-7-15(8-10-16)17(20)11-5-14-6-12-18(21-2)19(13-14)22-3/h5-13H,4H2,1-3H3. The van der Waals surface area contributed by atoms with Gasteiger partial charge in [-0.15, -0.1) is 11.8 Å². The minimum Gasteiger partial charge on any atom is -0.493 e. The highest BCUT2D eigenvalue weighted by atomic mass is 32.2. The summed E-state index contributed by atoms with van der Waals surface area (Å²) < 4.78 is 10.5. The van der Waals surface area contributed by atoms with E-state index in [1.54, 1.807) is 38.1 Å². The highest BCUT2D eigenvalue weighted by Gasteiger charge is 2.04. The molecular weight excluding hydrogens is 308 g/mol. The van der Waals surface area contributed by atoms with Crippen molar-refractivity contribution in [3.05, 3.63) is 59.7 Å². The largest absolute Gasteiger partial charge is 0.493 e. The summed E-state index contributed by atoms with van der Waals surface area (Å²) >= 11 is 1.76. The van der Waals surface area contributed by atoms with Crippen LogP contribution in [-0.4, -0.2) is 25.8 Å². The number of hydrogen-bond donors (Lipinski definition) is 0. The molecular formula is C19H20O3S. The van der Waals surface area contributed by atoms with E-state index in [0.29, 0.717) is 17.1 Å². The van der Waals surface area contributed by atoms with E-state index in [4.69, 9.17) is 9.47 Å². The molecule has 0 saturated heterocycles. The Balaban J connectivity index is 2.11. The van der Waals surface area contributed by atoms with Gasteiger partial charge >= 0.3 is 0 Å². The molecule has 0 saturated carbocycles. The van der Waals surface area contributed by atoms with Gasteiger partial charge in [0.05, 0.1) is 14.2 Å². The van der Waals surface area contributed by atoms with E-state index >= 15 is 0 Å². The Hall–Kier alpha value is -2.20. The molecule has 2 aromatic carbocycles. The lowest BCUT2D eigenvalue weighted by Crippen LogP contribution is -1.94. The Kier molecular flexibility index (Phi) is 6.29. The summed E-state index contributed by atoms with van der Waals surface area (Å²) in [7, 11) is 3.18. The molecule has 0 bridgehead atoms. The maximum Gasteiger partial charge on any atom is 0.185 e. The van der Waals surface area contributed by atoms with E-state index in [1.165, 1.54) is 4.90 Å². The fraction of sp³-hybridized carbons (Fsp3) is 0.211. The van der Waals surface area contributed by atoms with Gasteiger partial charge < -0.3 is 9.47 Å². The summed E-state index contributed by atoms with van der Waals surface area (Å²) in [5, 5.41) is 0. The molecule has 0 spiro atoms. The Morgan fingerprint density at radius 2 is 1.74 bits per heavy atom. The van der Waals surface area contributed by atoms with Crippen molar-refractivity contribution in [1.29, 1.82) is 0 Å². The summed E-state index contributed by atoms with van der Waals surface area (Å²) in [5.41, 5.74) is 1.57. The van der Waals surface area contributed by atoms with Crippen LogP contribution >= 0.6 is 11.8 Å². The molecule has 0 amide bonds. The van der Waals surface area contributed by atoms with Crippen molar-refractivity contribution in [1.82, 2.24) is 0 Å². The average Bonchev–Trinajstić information content (AvgIpc) is 2.60. The van der Waals surface area contributed by atoms with Crippen molar-refractivity contribution in [2.24, 2.45) is 0 Å². The number of ketones is 1. The number of thioether (sulfide) groups is 1. The number of rotatable bonds is 7. The molecule has 0 aliphatic carbocycles. The first kappa shape index (κ1) is 17.2. The summed E-state index contributed by atoms with van der Waals surface area (Å²) in [6, 6.07) is 13.2. The molecule has 120 valence electrons. The van der Waals surface area contributed by atoms with Crippen LogP contribution in [0.15, 0.2) is 53.4 Å². The zero-order valence-corrected chi connectivity index (χ0v) is 14.4. The Labute approximate surface area is 141 Å². The zero-order chi connectivity index (χ0) is 16.7. The van der Waals surface area contributed by atoms with Gasteiger partial charge in [-0.1, -0.05) is 19.1 Å². The predicted molar refractivity (Wildman–Crippen MR) is 95.8 cm³/mol. The maximum absolute atomic E-state index is 12.2. The third-order valence-electron chi connectivity index (χ3n) is 3.28. The molecule has 3 nitrogen and oxygen atoms in total. The lowest BCUT2D eigenvalue weighted by atomic mass is 10.1. The molecule has 0 unspecified atom stereocenters. The summed E-state index contributed by atoms with van der Waals surface area (Å²) in [4.78, 5) is 13.4. The van der Waals surface area contributed by atoms with E-state index < -0.39 is 0 Å². The Morgan fingerprint density at radius 1 is 1.04 bits per heavy atom. The molecule has 23 heavy (non-hydrogen) atoms. The lowest BCUT2D eigenvalue weighted by molar-refractivity contribution is 0.104. The van der Waals surface area contributed by atoms with Crippen LogP contribution in [0.4, 0.5) is 0 Å². The molecule has 0 aliphatic heterocycles. The summed E-state index contributed by atoms with van der Waals surface area (Å²) in [5.74, 6) is 2.31. The third-order valence-corrected chi connectivity index (χ3v) is 4.18. The number of carbonyl (C=O) groups is 1. The van der Waals surface area contributed by atoms with Gasteiger partial charge in [0, 0.05) is 10.5 Å². The molecule has 0 fully saturated rings. The van der Waals surface area contributed by atoms with Crippen LogP contribution in [0.1, 0.15) is 22.8 Å². The highest BCUT2D eigenvalue weighted by Crippen LogP contribution is 2.28. The molecule has 0 atom stereocenters. The van der Waals surface area contributed by atoms with Crippen LogP contribution in [0.25, 0.3) is 6.08 Å². The van der Waals surface area contributed by atoms with Gasteiger partial charge in [0.1, 0.15) is 0 Å². The second kappa shape index (κ2) is 8.44. The minimum absolute atomic E-state index is 0.0205. The normalized spacial score (nSPS) is 10.7. The average molecular weight is 328 g/mol. The number of hydrogen-bond acceptors (Lipinski definition) is 4. The number of carbonyl (C=O) groups excluding carboxylic acids is 1. The van der Waals surface area contributed by atoms with E-state index in [-0.39, 0.29) is 5.78 Å². The van der Waals surface area contributed by atoms with Crippen molar-refractivity contribution in [2.45, 2.75) is 11.8 Å². The van der Waals surface area contributed by atoms with Crippen molar-refractivity contribution in [3.63, 3.8) is 0 Å². The van der Waals surface area contributed by atoms with Gasteiger partial charge in [-0.3, -0.25) is 4.79 Å². The molecule has 2 aromatic rings. The van der Waals surface area contributed by atoms with Gasteiger partial charge in [0.2, 0.25) is 0 Å². The van der Waals surface area contributed by atoms with Crippen molar-refractivity contribution in [3.8, 4) is 11.5 Å². The van der Waals surface area contributed by atoms with Crippen LogP contribution in [0.5, 0.6) is 11.5 Å². The van der Waals surface area contributed by atoms with Gasteiger partial charge in [-0.2, -0.15) is 0 Å². The first-order chi connectivity index (χ1) is 11.2. The number of allylic oxidation sites excluding steroid dienone is 1. The molecule has 2 rings (SSSR count). The highest BCUT2D eigenvalue weighted by molar-refractivity contribution is 7.99. The quantitative estimate of drug-likeness (QED) is 0.419. The molecule has 0 aliphatic rings. The van der Waals surface area contributed by atoms with Crippen molar-refractivity contribution >= 4 is 23.6 Å². The molecule has 0 N–H and O–H groups in total. The second-order valence-corrected chi connectivity index (χ2v) is 6.11. The number of benzene rings is 2.